The fraction of sp³-hybridized carbons (Fsp3) is 0. The average Bonchev–Trinajstić information content (AvgIpc) is 2.60. The van der Waals surface area contributed by atoms with Gasteiger partial charge >= 0.3 is 11.9 Å². The molecule has 0 amide bonds. The van der Waals surface area contributed by atoms with Gasteiger partial charge in [0.05, 0.1) is 5.52 Å². The Balaban J connectivity index is 2.66. The van der Waals surface area contributed by atoms with Crippen LogP contribution in [0, 0.1) is 0 Å². The van der Waals surface area contributed by atoms with E-state index in [9.17, 15) is 29.4 Å². The van der Waals surface area contributed by atoms with E-state index in [1.807, 2.05) is 0 Å². The van der Waals surface area contributed by atoms with Crippen molar-refractivity contribution in [2.45, 2.75) is 0 Å². The van der Waals surface area contributed by atoms with Crippen molar-refractivity contribution >= 4 is 45.9 Å². The Morgan fingerprint density at radius 1 is 0.808 bits per heavy atom. The van der Waals surface area contributed by atoms with Crippen LogP contribution >= 0.6 is 0 Å². The quantitative estimate of drug-likeness (QED) is 0.339. The van der Waals surface area contributed by atoms with Gasteiger partial charge < -0.3 is 20.4 Å². The number of aliphatic hydroxyl groups excluding tert-OH is 2. The van der Waals surface area contributed by atoms with E-state index in [-0.39, 0.29) is 16.8 Å². The van der Waals surface area contributed by atoms with Gasteiger partial charge in [0, 0.05) is 23.1 Å². The third-order valence-corrected chi connectivity index (χ3v) is 3.21. The lowest BCUT2D eigenvalue weighted by Gasteiger charge is -2.08. The highest BCUT2D eigenvalue weighted by Gasteiger charge is 2.17. The summed E-state index contributed by atoms with van der Waals surface area (Å²) >= 11 is 0. The minimum atomic E-state index is -1.78. The number of carbonyl (C=O) groups is 4. The zero-order valence-corrected chi connectivity index (χ0v) is 12.9. The highest BCUT2D eigenvalue weighted by Crippen LogP contribution is 2.26. The molecule has 132 valence electrons. The highest BCUT2D eigenvalue weighted by molar-refractivity contribution is 6.39. The summed E-state index contributed by atoms with van der Waals surface area (Å²) in [5.74, 6) is -7.79. The molecule has 0 bridgehead atoms. The van der Waals surface area contributed by atoms with E-state index < -0.39 is 35.0 Å². The Morgan fingerprint density at radius 3 is 1.92 bits per heavy atom. The summed E-state index contributed by atoms with van der Waals surface area (Å²) in [7, 11) is 0. The van der Waals surface area contributed by atoms with Crippen molar-refractivity contribution in [3.63, 3.8) is 0 Å². The lowest BCUT2D eigenvalue weighted by Crippen LogP contribution is -2.10. The van der Waals surface area contributed by atoms with Crippen LogP contribution in [0.4, 0.5) is 0 Å². The molecule has 1 heterocycles. The first-order valence-electron chi connectivity index (χ1n) is 6.97. The number of pyridine rings is 1. The maximum absolute atomic E-state index is 11.3. The monoisotopic (exact) mass is 357 g/mol. The van der Waals surface area contributed by atoms with Crippen LogP contribution in [0.5, 0.6) is 0 Å². The van der Waals surface area contributed by atoms with Crippen molar-refractivity contribution in [3.8, 4) is 0 Å². The molecule has 0 saturated carbocycles. The van der Waals surface area contributed by atoms with Crippen molar-refractivity contribution in [2.24, 2.45) is 0 Å². The topological polar surface area (TPSA) is 162 Å². The van der Waals surface area contributed by atoms with Crippen molar-refractivity contribution in [3.05, 3.63) is 53.7 Å². The lowest BCUT2D eigenvalue weighted by atomic mass is 10.0. The molecule has 1 aromatic heterocycles. The number of hydrogen-bond acceptors (Lipinski definition) is 7. The molecule has 0 atom stereocenters. The number of fused-ring (bicyclic) bond motifs is 1. The van der Waals surface area contributed by atoms with E-state index >= 15 is 0 Å². The number of aromatic nitrogens is 1. The standard InChI is InChI=1S/C17H11NO8/c19-12(6-14(21)16(23)24)9-5-11(13(20)7-15(22)17(25)26)18-10-4-2-1-3-8(9)10/h1-7,19-20H,(H,23,24)(H,25,26)/b12-6-,13-7-. The van der Waals surface area contributed by atoms with Crippen LogP contribution in [-0.4, -0.2) is 48.9 Å². The predicted octanol–water partition coefficient (Wildman–Crippen LogP) is 1.34. The predicted molar refractivity (Wildman–Crippen MR) is 88.2 cm³/mol. The van der Waals surface area contributed by atoms with Crippen molar-refractivity contribution in [2.75, 3.05) is 0 Å². The summed E-state index contributed by atoms with van der Waals surface area (Å²) < 4.78 is 0. The van der Waals surface area contributed by atoms with Gasteiger partial charge in [-0.2, -0.15) is 0 Å². The summed E-state index contributed by atoms with van der Waals surface area (Å²) in [6.07, 6.45) is 0.920. The fourth-order valence-corrected chi connectivity index (χ4v) is 2.04. The third kappa shape index (κ3) is 3.90. The Morgan fingerprint density at radius 2 is 1.35 bits per heavy atom. The molecule has 0 radical (unpaired) electrons. The summed E-state index contributed by atoms with van der Waals surface area (Å²) in [4.78, 5) is 47.7. The van der Waals surface area contributed by atoms with Gasteiger partial charge in [-0.05, 0) is 12.1 Å². The summed E-state index contributed by atoms with van der Waals surface area (Å²) in [6.45, 7) is 0. The number of para-hydroxylation sites is 1. The number of ketones is 2. The molecular formula is C17H11NO8. The van der Waals surface area contributed by atoms with Crippen molar-refractivity contribution in [1.82, 2.24) is 4.98 Å². The number of hydrogen-bond donors (Lipinski definition) is 4. The van der Waals surface area contributed by atoms with E-state index in [2.05, 4.69) is 4.98 Å². The second-order valence-corrected chi connectivity index (χ2v) is 4.97. The maximum Gasteiger partial charge on any atom is 0.376 e. The minimum absolute atomic E-state index is 0.0390. The van der Waals surface area contributed by atoms with Crippen LogP contribution in [0.15, 0.2) is 42.5 Å². The molecule has 0 aliphatic carbocycles. The molecule has 0 unspecified atom stereocenters. The molecule has 0 aliphatic heterocycles. The summed E-state index contributed by atoms with van der Waals surface area (Å²) in [5, 5.41) is 37.6. The number of carboxylic acids is 2. The van der Waals surface area contributed by atoms with Crippen LogP contribution in [0.2, 0.25) is 0 Å². The molecule has 2 aromatic rings. The number of aliphatic hydroxyl groups is 2. The SMILES string of the molecule is O=C(O)C(=O)/C=C(\O)c1cc(/C(O)=C/C(=O)C(=O)O)c2ccccc2n1. The smallest absolute Gasteiger partial charge is 0.376 e. The maximum atomic E-state index is 11.3. The zero-order valence-electron chi connectivity index (χ0n) is 12.9. The van der Waals surface area contributed by atoms with Gasteiger partial charge in [-0.25, -0.2) is 14.6 Å². The Labute approximate surface area is 145 Å². The van der Waals surface area contributed by atoms with Crippen LogP contribution in [0.25, 0.3) is 22.4 Å². The third-order valence-electron chi connectivity index (χ3n) is 3.21. The zero-order chi connectivity index (χ0) is 19.4. The Hall–Kier alpha value is -4.01. The molecule has 9 nitrogen and oxygen atoms in total. The molecule has 1 aromatic carbocycles. The van der Waals surface area contributed by atoms with Gasteiger partial charge in [0.1, 0.15) is 17.2 Å². The van der Waals surface area contributed by atoms with Crippen molar-refractivity contribution < 1.29 is 39.6 Å². The molecule has 0 aliphatic rings. The van der Waals surface area contributed by atoms with Crippen LogP contribution in [-0.2, 0) is 19.2 Å². The van der Waals surface area contributed by atoms with Gasteiger partial charge in [0.2, 0.25) is 0 Å². The highest BCUT2D eigenvalue weighted by atomic mass is 16.4. The lowest BCUT2D eigenvalue weighted by molar-refractivity contribution is -0.146. The first kappa shape index (κ1) is 18.3. The largest absolute Gasteiger partial charge is 0.507 e. The molecule has 0 saturated heterocycles. The molecule has 0 fully saturated rings. The van der Waals surface area contributed by atoms with E-state index in [4.69, 9.17) is 10.2 Å². The van der Waals surface area contributed by atoms with E-state index in [1.54, 1.807) is 12.1 Å². The van der Waals surface area contributed by atoms with E-state index in [0.29, 0.717) is 17.5 Å². The molecule has 0 spiro atoms. The summed E-state index contributed by atoms with van der Waals surface area (Å²) in [6, 6.07) is 7.31. The van der Waals surface area contributed by atoms with Gasteiger partial charge in [-0.15, -0.1) is 0 Å². The number of aliphatic carboxylic acids is 2. The van der Waals surface area contributed by atoms with E-state index in [0.717, 1.165) is 6.07 Å². The van der Waals surface area contributed by atoms with Crippen LogP contribution in [0.3, 0.4) is 0 Å². The van der Waals surface area contributed by atoms with Gasteiger partial charge in [-0.1, -0.05) is 18.2 Å². The normalized spacial score (nSPS) is 12.0. The Bertz CT molecular complexity index is 1000. The second kappa shape index (κ2) is 7.26. The fourth-order valence-electron chi connectivity index (χ4n) is 2.04. The number of carbonyl (C=O) groups excluding carboxylic acids is 2. The molecule has 9 heteroatoms. The van der Waals surface area contributed by atoms with Gasteiger partial charge in [0.15, 0.2) is 0 Å². The van der Waals surface area contributed by atoms with Gasteiger partial charge in [0.25, 0.3) is 11.6 Å². The van der Waals surface area contributed by atoms with Crippen LogP contribution in [0.1, 0.15) is 11.3 Å². The number of rotatable bonds is 6. The van der Waals surface area contributed by atoms with E-state index in [1.165, 1.54) is 12.1 Å². The van der Waals surface area contributed by atoms with Gasteiger partial charge in [-0.3, -0.25) is 9.59 Å². The van der Waals surface area contributed by atoms with Crippen LogP contribution < -0.4 is 0 Å². The Kier molecular flexibility index (Phi) is 5.12. The minimum Gasteiger partial charge on any atom is -0.507 e. The first-order chi connectivity index (χ1) is 12.2. The number of nitrogens with zero attached hydrogens (tertiary/aromatic N) is 1. The van der Waals surface area contributed by atoms with Crippen molar-refractivity contribution in [1.29, 1.82) is 0 Å². The molecule has 26 heavy (non-hydrogen) atoms. The number of carboxylic acid groups (broad SMARTS) is 2. The molecular weight excluding hydrogens is 346 g/mol. The number of benzene rings is 1. The average molecular weight is 357 g/mol. The molecule has 2 rings (SSSR count). The second-order valence-electron chi connectivity index (χ2n) is 4.97. The molecule has 4 N–H and O–H groups in total. The first-order valence-corrected chi connectivity index (χ1v) is 6.97. The summed E-state index contributed by atoms with van der Waals surface area (Å²) in [5.41, 5.74) is -0.0515.